The number of halogens is 3. The van der Waals surface area contributed by atoms with Crippen LogP contribution in [0.15, 0.2) is 36.4 Å². The van der Waals surface area contributed by atoms with Gasteiger partial charge in [0.15, 0.2) is 0 Å². The van der Waals surface area contributed by atoms with Gasteiger partial charge in [0.1, 0.15) is 11.6 Å². The van der Waals surface area contributed by atoms with E-state index in [0.29, 0.717) is 11.1 Å². The van der Waals surface area contributed by atoms with Gasteiger partial charge >= 0.3 is 0 Å². The first-order valence-electron chi connectivity index (χ1n) is 6.90. The molecule has 0 bridgehead atoms. The van der Waals surface area contributed by atoms with Gasteiger partial charge in [-0.25, -0.2) is 8.78 Å². The first kappa shape index (κ1) is 16.0. The number of benzene rings is 2. The molecule has 0 aliphatic rings. The molecule has 112 valence electrons. The molecule has 2 rings (SSSR count). The molecule has 0 radical (unpaired) electrons. The summed E-state index contributed by atoms with van der Waals surface area (Å²) in [7, 11) is 0. The third-order valence-electron chi connectivity index (χ3n) is 3.62. The van der Waals surface area contributed by atoms with Crippen molar-refractivity contribution in [1.29, 1.82) is 0 Å². The van der Waals surface area contributed by atoms with E-state index in [1.165, 1.54) is 11.6 Å². The number of hydrogen-bond donors (Lipinski definition) is 0. The lowest BCUT2D eigenvalue weighted by atomic mass is 9.86. The Hall–Kier alpha value is -1.41. The van der Waals surface area contributed by atoms with Gasteiger partial charge in [0.05, 0.1) is 5.38 Å². The topological polar surface area (TPSA) is 0 Å². The Bertz CT molecular complexity index is 640. The van der Waals surface area contributed by atoms with Crippen LogP contribution < -0.4 is 0 Å². The van der Waals surface area contributed by atoms with E-state index in [1.807, 2.05) is 24.3 Å². The van der Waals surface area contributed by atoms with Crippen molar-refractivity contribution >= 4 is 11.6 Å². The Morgan fingerprint density at radius 1 is 0.952 bits per heavy atom. The molecular weight excluding hydrogens is 290 g/mol. The van der Waals surface area contributed by atoms with Gasteiger partial charge in [0, 0.05) is 11.6 Å². The molecule has 0 N–H and O–H groups in total. The quantitative estimate of drug-likeness (QED) is 0.606. The van der Waals surface area contributed by atoms with E-state index in [1.54, 1.807) is 6.92 Å². The molecule has 2 aromatic carbocycles. The van der Waals surface area contributed by atoms with Gasteiger partial charge in [-0.15, -0.1) is 11.6 Å². The zero-order valence-corrected chi connectivity index (χ0v) is 13.4. The Balaban J connectivity index is 2.36. The number of alkyl halides is 1. The molecular formula is C18H19ClF2. The minimum atomic E-state index is -0.627. The van der Waals surface area contributed by atoms with Crippen LogP contribution in [0.4, 0.5) is 8.78 Å². The molecule has 3 heteroatoms. The van der Waals surface area contributed by atoms with Gasteiger partial charge in [0.2, 0.25) is 0 Å². The summed E-state index contributed by atoms with van der Waals surface area (Å²) in [6.45, 7) is 7.99. The molecule has 0 amide bonds. The Morgan fingerprint density at radius 3 is 2.05 bits per heavy atom. The van der Waals surface area contributed by atoms with Crippen LogP contribution in [0.3, 0.4) is 0 Å². The van der Waals surface area contributed by atoms with E-state index in [2.05, 4.69) is 20.8 Å². The second kappa shape index (κ2) is 5.76. The summed E-state index contributed by atoms with van der Waals surface area (Å²) < 4.78 is 27.2. The van der Waals surface area contributed by atoms with Crippen molar-refractivity contribution in [2.45, 2.75) is 38.5 Å². The third-order valence-corrected chi connectivity index (χ3v) is 4.11. The van der Waals surface area contributed by atoms with Crippen LogP contribution in [-0.2, 0) is 5.41 Å². The maximum Gasteiger partial charge on any atom is 0.131 e. The number of aryl methyl sites for hydroxylation is 1. The van der Waals surface area contributed by atoms with Crippen molar-refractivity contribution < 1.29 is 8.78 Å². The van der Waals surface area contributed by atoms with Crippen LogP contribution in [0.1, 0.15) is 48.4 Å². The zero-order valence-electron chi connectivity index (χ0n) is 12.7. The molecule has 0 saturated carbocycles. The summed E-state index contributed by atoms with van der Waals surface area (Å²) in [5.74, 6) is -1.17. The zero-order chi connectivity index (χ0) is 15.8. The van der Waals surface area contributed by atoms with E-state index in [9.17, 15) is 8.78 Å². The van der Waals surface area contributed by atoms with Gasteiger partial charge in [0.25, 0.3) is 0 Å². The molecule has 0 fully saturated rings. The Kier molecular flexibility index (Phi) is 4.38. The van der Waals surface area contributed by atoms with Crippen molar-refractivity contribution in [1.82, 2.24) is 0 Å². The minimum absolute atomic E-state index is 0.0536. The molecule has 0 aromatic heterocycles. The van der Waals surface area contributed by atoms with Gasteiger partial charge < -0.3 is 0 Å². The molecule has 1 atom stereocenters. The van der Waals surface area contributed by atoms with E-state index in [0.717, 1.165) is 11.6 Å². The highest BCUT2D eigenvalue weighted by Gasteiger charge is 2.19. The van der Waals surface area contributed by atoms with Gasteiger partial charge in [-0.05, 0) is 35.1 Å². The summed E-state index contributed by atoms with van der Waals surface area (Å²) in [6.07, 6.45) is 0. The fraction of sp³-hybridized carbons (Fsp3) is 0.333. The summed E-state index contributed by atoms with van der Waals surface area (Å²) in [5.41, 5.74) is 2.74. The average Bonchev–Trinajstić information content (AvgIpc) is 2.41. The van der Waals surface area contributed by atoms with Crippen LogP contribution in [0.2, 0.25) is 0 Å². The number of hydrogen-bond acceptors (Lipinski definition) is 0. The predicted octanol–water partition coefficient (Wildman–Crippen LogP) is 5.90. The van der Waals surface area contributed by atoms with E-state index in [-0.39, 0.29) is 5.41 Å². The fourth-order valence-corrected chi connectivity index (χ4v) is 2.52. The summed E-state index contributed by atoms with van der Waals surface area (Å²) in [5, 5.41) is -0.627. The molecule has 0 nitrogen and oxygen atoms in total. The van der Waals surface area contributed by atoms with Crippen LogP contribution in [-0.4, -0.2) is 0 Å². The van der Waals surface area contributed by atoms with E-state index >= 15 is 0 Å². The molecule has 2 aromatic rings. The second-order valence-electron chi connectivity index (χ2n) is 6.36. The maximum atomic E-state index is 13.9. The summed E-state index contributed by atoms with van der Waals surface area (Å²) in [4.78, 5) is 0. The number of rotatable bonds is 2. The standard InChI is InChI=1S/C18H19ClF2/c1-11-9-14(16(21)10-15(11)20)17(19)12-5-7-13(8-6-12)18(2,3)4/h5-10,17H,1-4H3. The molecule has 1 unspecified atom stereocenters. The smallest absolute Gasteiger partial charge is 0.131 e. The SMILES string of the molecule is Cc1cc(C(Cl)c2ccc(C(C)(C)C)cc2)c(F)cc1F. The van der Waals surface area contributed by atoms with Crippen LogP contribution >= 0.6 is 11.6 Å². The van der Waals surface area contributed by atoms with Crippen molar-refractivity contribution in [3.05, 3.63) is 70.3 Å². The molecule has 0 heterocycles. The lowest BCUT2D eigenvalue weighted by Gasteiger charge is -2.20. The molecule has 0 aliphatic carbocycles. The van der Waals surface area contributed by atoms with Crippen molar-refractivity contribution in [3.8, 4) is 0 Å². The highest BCUT2D eigenvalue weighted by atomic mass is 35.5. The van der Waals surface area contributed by atoms with Crippen LogP contribution in [0.25, 0.3) is 0 Å². The maximum absolute atomic E-state index is 13.9. The molecule has 21 heavy (non-hydrogen) atoms. The van der Waals surface area contributed by atoms with E-state index < -0.39 is 17.0 Å². The molecule has 0 saturated heterocycles. The average molecular weight is 309 g/mol. The first-order valence-corrected chi connectivity index (χ1v) is 7.34. The molecule has 0 spiro atoms. The lowest BCUT2D eigenvalue weighted by molar-refractivity contribution is 0.568. The predicted molar refractivity (Wildman–Crippen MR) is 83.9 cm³/mol. The monoisotopic (exact) mass is 308 g/mol. The summed E-state index contributed by atoms with van der Waals surface area (Å²) in [6, 6.07) is 10.2. The van der Waals surface area contributed by atoms with E-state index in [4.69, 9.17) is 11.6 Å². The molecule has 0 aliphatic heterocycles. The van der Waals surface area contributed by atoms with Crippen molar-refractivity contribution in [2.24, 2.45) is 0 Å². The van der Waals surface area contributed by atoms with Crippen LogP contribution in [0, 0.1) is 18.6 Å². The first-order chi connectivity index (χ1) is 9.70. The Labute approximate surface area is 129 Å². The highest BCUT2D eigenvalue weighted by Crippen LogP contribution is 2.33. The van der Waals surface area contributed by atoms with Crippen molar-refractivity contribution in [2.75, 3.05) is 0 Å². The van der Waals surface area contributed by atoms with Gasteiger partial charge in [-0.3, -0.25) is 0 Å². The van der Waals surface area contributed by atoms with Gasteiger partial charge in [-0.2, -0.15) is 0 Å². The summed E-state index contributed by atoms with van der Waals surface area (Å²) >= 11 is 6.37. The fourth-order valence-electron chi connectivity index (χ4n) is 2.21. The van der Waals surface area contributed by atoms with Gasteiger partial charge in [-0.1, -0.05) is 45.0 Å². The highest BCUT2D eigenvalue weighted by molar-refractivity contribution is 6.22. The normalized spacial score (nSPS) is 13.3. The minimum Gasteiger partial charge on any atom is -0.207 e. The largest absolute Gasteiger partial charge is 0.207 e. The third kappa shape index (κ3) is 3.44. The van der Waals surface area contributed by atoms with Crippen molar-refractivity contribution in [3.63, 3.8) is 0 Å². The Morgan fingerprint density at radius 2 is 1.52 bits per heavy atom. The van der Waals surface area contributed by atoms with Crippen LogP contribution in [0.5, 0.6) is 0 Å². The second-order valence-corrected chi connectivity index (χ2v) is 6.79. The lowest BCUT2D eigenvalue weighted by Crippen LogP contribution is -2.11.